The molecule has 9 heteroatoms. The fourth-order valence-corrected chi connectivity index (χ4v) is 3.47. The molecule has 0 atom stereocenters. The molecule has 0 saturated carbocycles. The van der Waals surface area contributed by atoms with Crippen LogP contribution in [0.4, 0.5) is 0 Å². The number of nitrogens with zero attached hydrogens (tertiary/aromatic N) is 1. The van der Waals surface area contributed by atoms with E-state index in [2.05, 4.69) is 14.9 Å². The van der Waals surface area contributed by atoms with Crippen LogP contribution in [-0.4, -0.2) is 23.7 Å². The van der Waals surface area contributed by atoms with Crippen LogP contribution < -0.4 is 4.72 Å². The highest BCUT2D eigenvalue weighted by molar-refractivity contribution is 7.89. The Kier molecular flexibility index (Phi) is 4.66. The Bertz CT molecular complexity index is 702. The molecule has 1 aromatic heterocycles. The van der Waals surface area contributed by atoms with Gasteiger partial charge < -0.3 is 5.11 Å². The molecule has 0 bridgehead atoms. The molecule has 0 aliphatic heterocycles. The minimum Gasteiger partial charge on any atom is -0.392 e. The summed E-state index contributed by atoms with van der Waals surface area (Å²) in [6.07, 6.45) is 3.08. The summed E-state index contributed by atoms with van der Waals surface area (Å²) < 4.78 is 26.7. The third-order valence-electron chi connectivity index (χ3n) is 2.62. The molecule has 2 rings (SSSR count). The molecule has 1 aromatic carbocycles. The molecule has 2 aromatic rings. The number of rotatable bonds is 5. The zero-order valence-corrected chi connectivity index (χ0v) is 12.4. The van der Waals surface area contributed by atoms with E-state index in [1.807, 2.05) is 0 Å². The first-order valence-electron chi connectivity index (χ1n) is 5.50. The number of aliphatic hydroxyl groups is 1. The Morgan fingerprint density at radius 2 is 2.10 bits per heavy atom. The third kappa shape index (κ3) is 3.13. The van der Waals surface area contributed by atoms with Gasteiger partial charge in [-0.1, -0.05) is 23.2 Å². The molecule has 6 nitrogen and oxygen atoms in total. The second kappa shape index (κ2) is 6.11. The predicted molar refractivity (Wildman–Crippen MR) is 75.0 cm³/mol. The Hall–Kier alpha value is -1.12. The van der Waals surface area contributed by atoms with Crippen LogP contribution in [-0.2, 0) is 23.2 Å². The second-order valence-corrected chi connectivity index (χ2v) is 6.45. The lowest BCUT2D eigenvalue weighted by Crippen LogP contribution is -2.23. The molecule has 0 unspecified atom stereocenters. The summed E-state index contributed by atoms with van der Waals surface area (Å²) in [6, 6.07) is 2.67. The van der Waals surface area contributed by atoms with E-state index in [0.717, 1.165) is 0 Å². The van der Waals surface area contributed by atoms with Crippen molar-refractivity contribution in [3.05, 3.63) is 45.7 Å². The predicted octanol–water partition coefficient (Wildman–Crippen LogP) is 1.69. The minimum absolute atomic E-state index is 0.0756. The zero-order valence-electron chi connectivity index (χ0n) is 10.1. The van der Waals surface area contributed by atoms with Gasteiger partial charge in [0, 0.05) is 28.9 Å². The smallest absolute Gasteiger partial charge is 0.242 e. The fourth-order valence-electron chi connectivity index (χ4n) is 1.56. The largest absolute Gasteiger partial charge is 0.392 e. The first-order valence-corrected chi connectivity index (χ1v) is 7.74. The van der Waals surface area contributed by atoms with Crippen molar-refractivity contribution in [2.24, 2.45) is 0 Å². The average Bonchev–Trinajstić information content (AvgIpc) is 2.90. The van der Waals surface area contributed by atoms with Gasteiger partial charge in [0.15, 0.2) is 0 Å². The Balaban J connectivity index is 2.30. The van der Waals surface area contributed by atoms with Gasteiger partial charge in [-0.2, -0.15) is 5.10 Å². The third-order valence-corrected chi connectivity index (χ3v) is 4.96. The number of aliphatic hydroxyl groups excluding tert-OH is 1. The number of halogens is 2. The van der Waals surface area contributed by atoms with Crippen LogP contribution in [0.3, 0.4) is 0 Å². The number of hydrogen-bond donors (Lipinski definition) is 3. The topological polar surface area (TPSA) is 95.1 Å². The number of aromatic amines is 1. The van der Waals surface area contributed by atoms with E-state index in [4.69, 9.17) is 23.2 Å². The van der Waals surface area contributed by atoms with Crippen molar-refractivity contribution >= 4 is 33.2 Å². The number of benzene rings is 1. The molecule has 20 heavy (non-hydrogen) atoms. The van der Waals surface area contributed by atoms with E-state index in [0.29, 0.717) is 5.56 Å². The van der Waals surface area contributed by atoms with Gasteiger partial charge in [0.1, 0.15) is 4.90 Å². The normalized spacial score (nSPS) is 11.8. The van der Waals surface area contributed by atoms with Crippen LogP contribution >= 0.6 is 23.2 Å². The van der Waals surface area contributed by atoms with Gasteiger partial charge in [0.2, 0.25) is 10.0 Å². The monoisotopic (exact) mass is 335 g/mol. The molecule has 108 valence electrons. The Morgan fingerprint density at radius 3 is 2.70 bits per heavy atom. The van der Waals surface area contributed by atoms with E-state index in [-0.39, 0.29) is 27.0 Å². The average molecular weight is 336 g/mol. The highest BCUT2D eigenvalue weighted by Gasteiger charge is 2.21. The first-order chi connectivity index (χ1) is 9.45. The van der Waals surface area contributed by atoms with E-state index < -0.39 is 16.6 Å². The maximum absolute atomic E-state index is 12.2. The molecule has 0 saturated heterocycles. The van der Waals surface area contributed by atoms with Crippen LogP contribution in [0.1, 0.15) is 11.1 Å². The van der Waals surface area contributed by atoms with Crippen molar-refractivity contribution in [1.29, 1.82) is 0 Å². The van der Waals surface area contributed by atoms with Gasteiger partial charge in [0.25, 0.3) is 0 Å². The highest BCUT2D eigenvalue weighted by Crippen LogP contribution is 2.31. The van der Waals surface area contributed by atoms with Gasteiger partial charge >= 0.3 is 0 Å². The maximum atomic E-state index is 12.2. The van der Waals surface area contributed by atoms with E-state index in [1.54, 1.807) is 6.20 Å². The Labute approximate surface area is 125 Å². The molecule has 0 radical (unpaired) electrons. The lowest BCUT2D eigenvalue weighted by Gasteiger charge is -2.11. The number of H-pyrrole nitrogens is 1. The zero-order chi connectivity index (χ0) is 14.8. The lowest BCUT2D eigenvalue weighted by molar-refractivity contribution is 0.281. The minimum atomic E-state index is -3.81. The summed E-state index contributed by atoms with van der Waals surface area (Å²) >= 11 is 11.8. The molecule has 0 aliphatic carbocycles. The van der Waals surface area contributed by atoms with Crippen molar-refractivity contribution in [2.75, 3.05) is 0 Å². The van der Waals surface area contributed by atoms with Crippen LogP contribution in [0, 0.1) is 0 Å². The van der Waals surface area contributed by atoms with Gasteiger partial charge in [-0.05, 0) is 12.1 Å². The number of hydrogen-bond acceptors (Lipinski definition) is 4. The highest BCUT2D eigenvalue weighted by atomic mass is 35.5. The maximum Gasteiger partial charge on any atom is 0.242 e. The number of nitrogens with one attached hydrogen (secondary N) is 2. The molecule has 0 spiro atoms. The van der Waals surface area contributed by atoms with E-state index in [9.17, 15) is 13.5 Å². The summed E-state index contributed by atoms with van der Waals surface area (Å²) in [7, 11) is -3.81. The van der Waals surface area contributed by atoms with Crippen LogP contribution in [0.25, 0.3) is 0 Å². The molecule has 0 amide bonds. The number of aromatic nitrogens is 2. The van der Waals surface area contributed by atoms with Gasteiger partial charge in [-0.15, -0.1) is 0 Å². The van der Waals surface area contributed by atoms with E-state index >= 15 is 0 Å². The van der Waals surface area contributed by atoms with Gasteiger partial charge in [-0.3, -0.25) is 5.10 Å². The quantitative estimate of drug-likeness (QED) is 0.774. The SMILES string of the molecule is O=S(=O)(NCc1cn[nH]c1)c1ccc(Cl)c(CO)c1Cl. The summed E-state index contributed by atoms with van der Waals surface area (Å²) in [5.41, 5.74) is 0.862. The summed E-state index contributed by atoms with van der Waals surface area (Å²) in [6.45, 7) is -0.366. The molecular formula is C11H11Cl2N3O3S. The molecule has 0 fully saturated rings. The molecule has 1 heterocycles. The van der Waals surface area contributed by atoms with E-state index in [1.165, 1.54) is 18.3 Å². The van der Waals surface area contributed by atoms with Crippen molar-refractivity contribution in [3.8, 4) is 0 Å². The van der Waals surface area contributed by atoms with Gasteiger partial charge in [-0.25, -0.2) is 13.1 Å². The fraction of sp³-hybridized carbons (Fsp3) is 0.182. The van der Waals surface area contributed by atoms with Crippen molar-refractivity contribution in [3.63, 3.8) is 0 Å². The van der Waals surface area contributed by atoms with Crippen molar-refractivity contribution in [2.45, 2.75) is 18.0 Å². The first kappa shape index (κ1) is 15.3. The molecular weight excluding hydrogens is 325 g/mol. The lowest BCUT2D eigenvalue weighted by atomic mass is 10.2. The van der Waals surface area contributed by atoms with Gasteiger partial charge in [0.05, 0.1) is 17.8 Å². The second-order valence-electron chi connectivity index (χ2n) is 3.93. The van der Waals surface area contributed by atoms with Crippen molar-refractivity contribution < 1.29 is 13.5 Å². The summed E-state index contributed by atoms with van der Waals surface area (Å²) in [4.78, 5) is -0.129. The molecule has 0 aliphatic rings. The summed E-state index contributed by atoms with van der Waals surface area (Å²) in [5.74, 6) is 0. The standard InChI is InChI=1S/C11H11Cl2N3O3S/c12-9-1-2-10(11(13)8(9)6-17)20(18,19)16-5-7-3-14-15-4-7/h1-4,16-17H,5-6H2,(H,14,15). The summed E-state index contributed by atoms with van der Waals surface area (Å²) in [5, 5.41) is 15.6. The van der Waals surface area contributed by atoms with Crippen LogP contribution in [0.2, 0.25) is 10.0 Å². The van der Waals surface area contributed by atoms with Crippen molar-refractivity contribution in [1.82, 2.24) is 14.9 Å². The van der Waals surface area contributed by atoms with Crippen LogP contribution in [0.15, 0.2) is 29.4 Å². The number of sulfonamides is 1. The Morgan fingerprint density at radius 1 is 1.35 bits per heavy atom. The molecule has 3 N–H and O–H groups in total. The van der Waals surface area contributed by atoms with Crippen LogP contribution in [0.5, 0.6) is 0 Å².